The van der Waals surface area contributed by atoms with Gasteiger partial charge in [-0.3, -0.25) is 0 Å². The quantitative estimate of drug-likeness (QED) is 0.0357. The Morgan fingerprint density at radius 1 is 0.133 bits per heavy atom. The van der Waals surface area contributed by atoms with Crippen molar-refractivity contribution in [1.29, 1.82) is 0 Å². The first-order chi connectivity index (χ1) is 70.6. The molecule has 0 saturated heterocycles. The summed E-state index contributed by atoms with van der Waals surface area (Å²) in [6.07, 6.45) is 0.596. The second-order valence-electron chi connectivity index (χ2n) is 38.9. The van der Waals surface area contributed by atoms with Crippen LogP contribution in [0.5, 0.6) is 23.0 Å². The van der Waals surface area contributed by atoms with E-state index in [1.807, 2.05) is 0 Å². The third-order valence-electron chi connectivity index (χ3n) is 28.2. The smallest absolute Gasteiger partial charge is 0.264 e. The summed E-state index contributed by atoms with van der Waals surface area (Å²) in [6.45, 7) is 0. The highest BCUT2D eigenvalue weighted by molar-refractivity contribution is 6.74. The maximum atomic E-state index is 8.44. The first-order valence-corrected chi connectivity index (χ1v) is 60.7. The van der Waals surface area contributed by atoms with Crippen LogP contribution in [0.25, 0.3) is 44.5 Å². The number of hydrogen-bond acceptors (Lipinski definition) is 4. The molecule has 0 N–H and O–H groups in total. The SMILES string of the molecule is c1ccc(C[Si](Cc2ccccc2)(Cc2ccccc2)Oc2ccc(C(CC(c3ccc(O[Si](Cc4ccccc4)(Cc4ccccc4)Cc4ccccc4)c(-c4ccccc4)c3)c3ccc(O[Si](Cc4ccccc4)(Cc4ccccc4)Cc4ccccc4)c(-c4ccccc4)c3)c3ccc(O[Si](Cc4ccccc4)(Cc4ccccc4)Cc4ccccc4)c(-c4ccccc4)c3)cc2-c2ccccc2)cc1. The molecular formula is C135H120O4Si4. The van der Waals surface area contributed by atoms with Crippen LogP contribution < -0.4 is 17.7 Å². The largest absolute Gasteiger partial charge is 0.542 e. The molecule has 0 bridgehead atoms. The van der Waals surface area contributed by atoms with Crippen LogP contribution >= 0.6 is 0 Å². The molecule has 0 fully saturated rings. The second-order valence-corrected chi connectivity index (χ2v) is 53.4. The Hall–Kier alpha value is -15.5. The van der Waals surface area contributed by atoms with Gasteiger partial charge in [0.05, 0.1) is 0 Å². The minimum Gasteiger partial charge on any atom is -0.542 e. The van der Waals surface area contributed by atoms with Crippen molar-refractivity contribution in [3.63, 3.8) is 0 Å². The summed E-state index contributed by atoms with van der Waals surface area (Å²) in [5, 5.41) is 0. The zero-order valence-corrected chi connectivity index (χ0v) is 85.1. The highest BCUT2D eigenvalue weighted by Gasteiger charge is 2.45. The molecule has 143 heavy (non-hydrogen) atoms. The molecule has 0 atom stereocenters. The zero-order valence-electron chi connectivity index (χ0n) is 81.1. The van der Waals surface area contributed by atoms with Crippen molar-refractivity contribution in [2.75, 3.05) is 0 Å². The molecule has 0 aliphatic heterocycles. The van der Waals surface area contributed by atoms with E-state index in [0.29, 0.717) is 6.42 Å². The average molecular weight is 1920 g/mol. The van der Waals surface area contributed by atoms with Crippen LogP contribution in [0.1, 0.15) is 107 Å². The minimum absolute atomic E-state index is 0.328. The second kappa shape index (κ2) is 46.3. The van der Waals surface area contributed by atoms with Gasteiger partial charge in [0.2, 0.25) is 0 Å². The molecule has 4 nitrogen and oxygen atoms in total. The third-order valence-corrected chi connectivity index (χ3v) is 43.4. The molecular weight excluding hydrogens is 1800 g/mol. The summed E-state index contributed by atoms with van der Waals surface area (Å²) in [5.41, 5.74) is 28.3. The third kappa shape index (κ3) is 24.9. The van der Waals surface area contributed by atoms with Crippen LogP contribution in [0.2, 0.25) is 0 Å². The van der Waals surface area contributed by atoms with Crippen molar-refractivity contribution in [1.82, 2.24) is 0 Å². The average Bonchev–Trinajstić information content (AvgIpc) is 0.771. The van der Waals surface area contributed by atoms with Crippen LogP contribution in [-0.2, 0) is 72.5 Å². The first-order valence-electron chi connectivity index (χ1n) is 50.6. The molecule has 0 aliphatic rings. The van der Waals surface area contributed by atoms with Gasteiger partial charge in [-0.1, -0.05) is 510 Å². The first kappa shape index (κ1) is 95.0. The van der Waals surface area contributed by atoms with Crippen LogP contribution in [0.4, 0.5) is 0 Å². The summed E-state index contributed by atoms with van der Waals surface area (Å²) in [7, 11) is -12.2. The number of hydrogen-bond donors (Lipinski definition) is 0. The lowest BCUT2D eigenvalue weighted by atomic mass is 9.76. The molecule has 700 valence electrons. The molecule has 0 spiro atoms. The Morgan fingerprint density at radius 3 is 0.378 bits per heavy atom. The van der Waals surface area contributed by atoms with Gasteiger partial charge in [-0.05, 0) is 166 Å². The van der Waals surface area contributed by atoms with Crippen molar-refractivity contribution in [2.24, 2.45) is 0 Å². The van der Waals surface area contributed by atoms with E-state index in [2.05, 4.69) is 558 Å². The van der Waals surface area contributed by atoms with Crippen molar-refractivity contribution in [3.8, 4) is 67.5 Å². The Bertz CT molecular complexity index is 6070. The van der Waals surface area contributed by atoms with E-state index in [9.17, 15) is 0 Å². The van der Waals surface area contributed by atoms with Gasteiger partial charge in [0.25, 0.3) is 33.3 Å². The highest BCUT2D eigenvalue weighted by Crippen LogP contribution is 2.50. The summed E-state index contributed by atoms with van der Waals surface area (Å²) in [6, 6.07) is 216. The van der Waals surface area contributed by atoms with Crippen LogP contribution in [-0.4, -0.2) is 33.3 Å². The van der Waals surface area contributed by atoms with E-state index < -0.39 is 33.3 Å². The molecule has 0 aromatic heterocycles. The van der Waals surface area contributed by atoms with Crippen molar-refractivity contribution < 1.29 is 17.7 Å². The highest BCUT2D eigenvalue weighted by atomic mass is 28.4. The maximum absolute atomic E-state index is 8.44. The van der Waals surface area contributed by atoms with Gasteiger partial charge in [0.1, 0.15) is 23.0 Å². The molecule has 0 amide bonds. The lowest BCUT2D eigenvalue weighted by Crippen LogP contribution is -2.50. The fourth-order valence-electron chi connectivity index (χ4n) is 21.7. The lowest BCUT2D eigenvalue weighted by molar-refractivity contribution is 0.525. The van der Waals surface area contributed by atoms with Gasteiger partial charge in [-0.2, -0.15) is 0 Å². The van der Waals surface area contributed by atoms with E-state index in [1.54, 1.807) is 0 Å². The Labute approximate surface area is 849 Å². The normalized spacial score (nSPS) is 11.7. The molecule has 0 unspecified atom stereocenters. The van der Waals surface area contributed by atoms with Crippen molar-refractivity contribution >= 4 is 33.3 Å². The van der Waals surface area contributed by atoms with Crippen molar-refractivity contribution in [2.45, 2.75) is 90.8 Å². The fraction of sp³-hybridized carbons (Fsp3) is 0.111. The molecule has 0 aliphatic carbocycles. The van der Waals surface area contributed by atoms with E-state index in [0.717, 1.165) is 162 Å². The Morgan fingerprint density at radius 2 is 0.252 bits per heavy atom. The minimum atomic E-state index is -3.04. The predicted molar refractivity (Wildman–Crippen MR) is 603 cm³/mol. The van der Waals surface area contributed by atoms with E-state index in [4.69, 9.17) is 17.7 Å². The summed E-state index contributed by atoms with van der Waals surface area (Å²) in [4.78, 5) is 0. The van der Waals surface area contributed by atoms with Gasteiger partial charge in [0.15, 0.2) is 0 Å². The van der Waals surface area contributed by atoms with Gasteiger partial charge < -0.3 is 17.7 Å². The molecule has 20 rings (SSSR count). The summed E-state index contributed by atoms with van der Waals surface area (Å²) in [5.74, 6) is 2.84. The van der Waals surface area contributed by atoms with Crippen molar-refractivity contribution in [3.05, 3.63) is 647 Å². The number of rotatable bonds is 42. The standard InChI is InChI=1S/C135H120O4Si4/c1-17-49-106(50-18-1)94-140(95-107-51-19-2-20-52-107,96-108-53-21-3-22-54-108)136-132-85-81-122(89-128(132)118-73-41-13-42-74-118)126(123-82-86-133(129(90-123)119-75-43-14-44-76-119)137-141(97-109-55-23-4-24-56-109,98-110-57-25-5-26-58-110)99-111-59-27-6-28-60-111)93-127(124-83-87-134(130(91-124)120-77-45-15-46-78-120)138-142(100-112-61-29-7-30-62-112,101-113-63-31-8-32-64-113)102-114-65-33-9-34-66-114)125-84-88-135(131(92-125)121-79-47-16-48-80-121)139-143(103-115-67-35-10-36-68-115,104-116-69-37-11-38-70-116)105-117-71-39-12-40-72-117/h1-92,126-127H,93-105H2. The zero-order chi connectivity index (χ0) is 96.4. The van der Waals surface area contributed by atoms with Crippen LogP contribution in [0.3, 0.4) is 0 Å². The van der Waals surface area contributed by atoms with E-state index in [-0.39, 0.29) is 11.8 Å². The van der Waals surface area contributed by atoms with Crippen LogP contribution in [0.15, 0.2) is 558 Å². The maximum Gasteiger partial charge on any atom is 0.264 e. The lowest BCUT2D eigenvalue weighted by Gasteiger charge is -2.35. The molecule has 0 heterocycles. The topological polar surface area (TPSA) is 36.9 Å². The predicted octanol–water partition coefficient (Wildman–Crippen LogP) is 32.4. The monoisotopic (exact) mass is 1920 g/mol. The molecule has 0 radical (unpaired) electrons. The Kier molecular flexibility index (Phi) is 30.7. The molecule has 8 heteroatoms. The fourth-order valence-corrected chi connectivity index (χ4v) is 38.4. The molecule has 0 saturated carbocycles. The Balaban J connectivity index is 0.840. The summed E-state index contributed by atoms with van der Waals surface area (Å²) >= 11 is 0. The number of benzene rings is 20. The molecule has 20 aromatic carbocycles. The van der Waals surface area contributed by atoms with E-state index in [1.165, 1.54) is 66.8 Å². The van der Waals surface area contributed by atoms with Gasteiger partial charge in [0, 0.05) is 107 Å². The summed E-state index contributed by atoms with van der Waals surface area (Å²) < 4.78 is 33.7. The van der Waals surface area contributed by atoms with Gasteiger partial charge >= 0.3 is 0 Å². The van der Waals surface area contributed by atoms with E-state index >= 15 is 0 Å². The van der Waals surface area contributed by atoms with Gasteiger partial charge in [-0.15, -0.1) is 0 Å². The van der Waals surface area contributed by atoms with Crippen LogP contribution in [0, 0.1) is 0 Å². The molecule has 20 aromatic rings. The van der Waals surface area contributed by atoms with Gasteiger partial charge in [-0.25, -0.2) is 0 Å².